The molecule has 0 heterocycles. The van der Waals surface area contributed by atoms with Gasteiger partial charge in [0.1, 0.15) is 0 Å². The van der Waals surface area contributed by atoms with Crippen LogP contribution < -0.4 is 10.1 Å². The normalized spacial score (nSPS) is 13.5. The maximum atomic E-state index is 9.60. The molecule has 1 unspecified atom stereocenters. The fraction of sp³-hybridized carbons (Fsp3) is 0.429. The molecule has 1 atom stereocenters. The first-order chi connectivity index (χ1) is 8.08. The van der Waals surface area contributed by atoms with E-state index in [9.17, 15) is 5.11 Å². The molecule has 3 heteroatoms. The summed E-state index contributed by atoms with van der Waals surface area (Å²) in [5, 5.41) is 12.8. The predicted octanol–water partition coefficient (Wildman–Crippen LogP) is 2.80. The van der Waals surface area contributed by atoms with Gasteiger partial charge in [-0.3, -0.25) is 0 Å². The van der Waals surface area contributed by atoms with Crippen LogP contribution in [0, 0.1) is 0 Å². The Bertz CT molecular complexity index is 399. The number of phenols is 1. The van der Waals surface area contributed by atoms with Crippen molar-refractivity contribution in [3.05, 3.63) is 29.3 Å². The van der Waals surface area contributed by atoms with Crippen molar-refractivity contribution in [2.24, 2.45) is 0 Å². The number of benzene rings is 1. The lowest BCUT2D eigenvalue weighted by atomic mass is 10.1. The second kappa shape index (κ2) is 6.30. The molecule has 0 bridgehead atoms. The van der Waals surface area contributed by atoms with Gasteiger partial charge in [-0.15, -0.1) is 0 Å². The average Bonchev–Trinajstić information content (AvgIpc) is 2.32. The molecule has 1 aromatic rings. The lowest BCUT2D eigenvalue weighted by Crippen LogP contribution is -2.21. The van der Waals surface area contributed by atoms with Crippen molar-refractivity contribution in [3.8, 4) is 11.5 Å². The van der Waals surface area contributed by atoms with E-state index in [-0.39, 0.29) is 5.75 Å². The Balaban J connectivity index is 2.95. The summed E-state index contributed by atoms with van der Waals surface area (Å²) in [7, 11) is 1.93. The summed E-state index contributed by atoms with van der Waals surface area (Å²) >= 11 is 0. The summed E-state index contributed by atoms with van der Waals surface area (Å²) in [5.74, 6) is 0.717. The number of aromatic hydroxyl groups is 1. The first-order valence-electron chi connectivity index (χ1n) is 5.89. The first kappa shape index (κ1) is 13.6. The Kier molecular flexibility index (Phi) is 5.04. The monoisotopic (exact) mass is 235 g/mol. The van der Waals surface area contributed by atoms with E-state index in [0.29, 0.717) is 18.4 Å². The van der Waals surface area contributed by atoms with Gasteiger partial charge in [0.25, 0.3) is 0 Å². The third-order valence-corrected chi connectivity index (χ3v) is 2.79. The Hall–Kier alpha value is -1.48. The van der Waals surface area contributed by atoms with E-state index in [4.69, 9.17) is 4.74 Å². The van der Waals surface area contributed by atoms with E-state index in [1.165, 1.54) is 5.57 Å². The van der Waals surface area contributed by atoms with Crippen LogP contribution in [-0.2, 0) is 0 Å². The molecular formula is C14H21NO2. The minimum Gasteiger partial charge on any atom is -0.504 e. The van der Waals surface area contributed by atoms with Gasteiger partial charge in [0.2, 0.25) is 0 Å². The number of hydrogen-bond acceptors (Lipinski definition) is 3. The van der Waals surface area contributed by atoms with E-state index < -0.39 is 0 Å². The third-order valence-electron chi connectivity index (χ3n) is 2.79. The second-order valence-corrected chi connectivity index (χ2v) is 4.06. The molecule has 0 saturated heterocycles. The van der Waals surface area contributed by atoms with Crippen LogP contribution in [0.1, 0.15) is 26.3 Å². The summed E-state index contributed by atoms with van der Waals surface area (Å²) in [5.41, 5.74) is 2.27. The smallest absolute Gasteiger partial charge is 0.161 e. The standard InChI is InChI=1S/C14H21NO2/c1-5-17-14-9-12(6-7-13(14)16)8-10(2)11(3)15-4/h6-9,11,15-16H,5H2,1-4H3/b10-8-. The van der Waals surface area contributed by atoms with Crippen LogP contribution in [0.15, 0.2) is 23.8 Å². The van der Waals surface area contributed by atoms with Gasteiger partial charge < -0.3 is 15.2 Å². The van der Waals surface area contributed by atoms with E-state index in [0.717, 1.165) is 5.56 Å². The van der Waals surface area contributed by atoms with Crippen molar-refractivity contribution in [1.82, 2.24) is 5.32 Å². The minimum absolute atomic E-state index is 0.184. The number of likely N-dealkylation sites (N-methyl/N-ethyl adjacent to an activating group) is 1. The van der Waals surface area contributed by atoms with Crippen LogP contribution in [0.5, 0.6) is 11.5 Å². The van der Waals surface area contributed by atoms with Crippen molar-refractivity contribution in [2.45, 2.75) is 26.8 Å². The molecule has 0 saturated carbocycles. The van der Waals surface area contributed by atoms with E-state index >= 15 is 0 Å². The zero-order valence-electron chi connectivity index (χ0n) is 10.9. The summed E-state index contributed by atoms with van der Waals surface area (Å²) in [6.45, 7) is 6.63. The number of hydrogen-bond donors (Lipinski definition) is 2. The molecule has 17 heavy (non-hydrogen) atoms. The van der Waals surface area contributed by atoms with Gasteiger partial charge in [-0.1, -0.05) is 17.7 Å². The van der Waals surface area contributed by atoms with Gasteiger partial charge in [-0.05, 0) is 45.5 Å². The number of phenolic OH excluding ortho intramolecular Hbond substituents is 1. The SMILES string of the molecule is CCOc1cc(/C=C(/C)C(C)NC)ccc1O. The highest BCUT2D eigenvalue weighted by Gasteiger charge is 2.04. The molecule has 2 N–H and O–H groups in total. The van der Waals surface area contributed by atoms with E-state index in [2.05, 4.69) is 25.2 Å². The lowest BCUT2D eigenvalue weighted by molar-refractivity contribution is 0.318. The first-order valence-corrected chi connectivity index (χ1v) is 5.89. The Morgan fingerprint density at radius 1 is 1.53 bits per heavy atom. The summed E-state index contributed by atoms with van der Waals surface area (Å²) in [6, 6.07) is 5.72. The van der Waals surface area contributed by atoms with Crippen LogP contribution in [-0.4, -0.2) is 24.8 Å². The summed E-state index contributed by atoms with van der Waals surface area (Å²) in [4.78, 5) is 0. The molecule has 0 amide bonds. The zero-order valence-corrected chi connectivity index (χ0v) is 10.9. The van der Waals surface area contributed by atoms with Crippen LogP contribution in [0.3, 0.4) is 0 Å². The molecule has 0 aliphatic heterocycles. The van der Waals surface area contributed by atoms with Crippen LogP contribution in [0.25, 0.3) is 6.08 Å². The van der Waals surface area contributed by atoms with Gasteiger partial charge in [-0.2, -0.15) is 0 Å². The Labute approximate surface area is 103 Å². The van der Waals surface area contributed by atoms with Crippen molar-refractivity contribution in [3.63, 3.8) is 0 Å². The highest BCUT2D eigenvalue weighted by molar-refractivity contribution is 5.58. The molecule has 0 spiro atoms. The summed E-state index contributed by atoms with van der Waals surface area (Å²) < 4.78 is 5.35. The van der Waals surface area contributed by atoms with Crippen molar-refractivity contribution < 1.29 is 9.84 Å². The fourth-order valence-corrected chi connectivity index (χ4v) is 1.51. The topological polar surface area (TPSA) is 41.5 Å². The molecule has 0 aromatic heterocycles. The zero-order chi connectivity index (χ0) is 12.8. The number of rotatable bonds is 5. The summed E-state index contributed by atoms with van der Waals surface area (Å²) in [6.07, 6.45) is 2.09. The molecule has 0 aliphatic carbocycles. The van der Waals surface area contributed by atoms with Crippen LogP contribution >= 0.6 is 0 Å². The van der Waals surface area contributed by atoms with Gasteiger partial charge in [0.15, 0.2) is 11.5 Å². The third kappa shape index (κ3) is 3.79. The molecule has 0 aliphatic rings. The Morgan fingerprint density at radius 2 is 2.24 bits per heavy atom. The van der Waals surface area contributed by atoms with Gasteiger partial charge >= 0.3 is 0 Å². The lowest BCUT2D eigenvalue weighted by Gasteiger charge is -2.11. The molecular weight excluding hydrogens is 214 g/mol. The highest BCUT2D eigenvalue weighted by Crippen LogP contribution is 2.27. The minimum atomic E-state index is 0.184. The van der Waals surface area contributed by atoms with Gasteiger partial charge in [0, 0.05) is 6.04 Å². The maximum Gasteiger partial charge on any atom is 0.161 e. The highest BCUT2D eigenvalue weighted by atomic mass is 16.5. The van der Waals surface area contributed by atoms with Crippen LogP contribution in [0.2, 0.25) is 0 Å². The van der Waals surface area contributed by atoms with Gasteiger partial charge in [-0.25, -0.2) is 0 Å². The molecule has 3 nitrogen and oxygen atoms in total. The maximum absolute atomic E-state index is 9.60. The largest absolute Gasteiger partial charge is 0.504 e. The van der Waals surface area contributed by atoms with E-state index in [1.54, 1.807) is 6.07 Å². The molecule has 0 fully saturated rings. The number of nitrogens with one attached hydrogen (secondary N) is 1. The fourth-order valence-electron chi connectivity index (χ4n) is 1.51. The quantitative estimate of drug-likeness (QED) is 0.824. The van der Waals surface area contributed by atoms with Crippen molar-refractivity contribution in [1.29, 1.82) is 0 Å². The number of ether oxygens (including phenoxy) is 1. The van der Waals surface area contributed by atoms with Crippen LogP contribution in [0.4, 0.5) is 0 Å². The predicted molar refractivity (Wildman–Crippen MR) is 71.4 cm³/mol. The van der Waals surface area contributed by atoms with Crippen molar-refractivity contribution in [2.75, 3.05) is 13.7 Å². The average molecular weight is 235 g/mol. The second-order valence-electron chi connectivity index (χ2n) is 4.06. The molecule has 1 rings (SSSR count). The molecule has 94 valence electrons. The Morgan fingerprint density at radius 3 is 2.82 bits per heavy atom. The van der Waals surface area contributed by atoms with E-state index in [1.807, 2.05) is 26.1 Å². The van der Waals surface area contributed by atoms with Gasteiger partial charge in [0.05, 0.1) is 6.61 Å². The van der Waals surface area contributed by atoms with Crippen molar-refractivity contribution >= 4 is 6.08 Å². The molecule has 0 radical (unpaired) electrons. The molecule has 1 aromatic carbocycles.